The van der Waals surface area contributed by atoms with Gasteiger partial charge in [0.25, 0.3) is 0 Å². The Labute approximate surface area is 116 Å². The Morgan fingerprint density at radius 3 is 2.65 bits per heavy atom. The summed E-state index contributed by atoms with van der Waals surface area (Å²) in [6, 6.07) is 2.83. The molecule has 0 aromatic heterocycles. The fourth-order valence-electron chi connectivity index (χ4n) is 1.54. The number of urea groups is 1. The lowest BCUT2D eigenvalue weighted by molar-refractivity contribution is 0.170. The molecule has 112 valence electrons. The van der Waals surface area contributed by atoms with Crippen LogP contribution in [0.2, 0.25) is 0 Å². The van der Waals surface area contributed by atoms with Crippen LogP contribution in [0, 0.1) is 11.6 Å². The molecule has 0 heterocycles. The van der Waals surface area contributed by atoms with Crippen molar-refractivity contribution < 1.29 is 18.7 Å². The molecule has 0 radical (unpaired) electrons. The van der Waals surface area contributed by atoms with Gasteiger partial charge in [0.15, 0.2) is 0 Å². The Morgan fingerprint density at radius 1 is 1.35 bits per heavy atom. The van der Waals surface area contributed by atoms with E-state index in [2.05, 4.69) is 10.6 Å². The van der Waals surface area contributed by atoms with E-state index in [0.29, 0.717) is 13.1 Å². The van der Waals surface area contributed by atoms with Gasteiger partial charge in [-0.15, -0.1) is 0 Å². The third-order valence-corrected chi connectivity index (χ3v) is 2.64. The lowest BCUT2D eigenvalue weighted by Gasteiger charge is -2.14. The first-order valence-corrected chi connectivity index (χ1v) is 6.20. The van der Waals surface area contributed by atoms with Crippen molar-refractivity contribution in [2.75, 3.05) is 33.7 Å². The van der Waals surface area contributed by atoms with Crippen molar-refractivity contribution in [3.05, 3.63) is 35.4 Å². The molecule has 0 fully saturated rings. The third-order valence-electron chi connectivity index (χ3n) is 2.64. The predicted molar refractivity (Wildman–Crippen MR) is 71.3 cm³/mol. The molecule has 5 nitrogen and oxygen atoms in total. The van der Waals surface area contributed by atoms with Crippen LogP contribution < -0.4 is 10.6 Å². The van der Waals surface area contributed by atoms with Crippen molar-refractivity contribution in [3.63, 3.8) is 0 Å². The van der Waals surface area contributed by atoms with Crippen LogP contribution >= 0.6 is 0 Å². The maximum Gasteiger partial charge on any atom is 0.316 e. The van der Waals surface area contributed by atoms with E-state index in [0.717, 1.165) is 12.1 Å². The van der Waals surface area contributed by atoms with Gasteiger partial charge in [-0.05, 0) is 6.07 Å². The van der Waals surface area contributed by atoms with Gasteiger partial charge in [-0.3, -0.25) is 0 Å². The quantitative estimate of drug-likeness (QED) is 0.680. The normalized spacial score (nSPS) is 12.1. The van der Waals surface area contributed by atoms with Crippen molar-refractivity contribution in [1.82, 2.24) is 15.5 Å². The topological polar surface area (TPSA) is 64.6 Å². The maximum absolute atomic E-state index is 13.4. The van der Waals surface area contributed by atoms with Gasteiger partial charge in [0, 0.05) is 45.4 Å². The molecular formula is C13H19F2N3O2. The van der Waals surface area contributed by atoms with Gasteiger partial charge in [-0.2, -0.15) is 0 Å². The Morgan fingerprint density at radius 2 is 2.05 bits per heavy atom. The number of hydrogen-bond donors (Lipinski definition) is 3. The molecule has 0 aliphatic rings. The number of amides is 2. The van der Waals surface area contributed by atoms with Gasteiger partial charge in [0.1, 0.15) is 11.6 Å². The highest BCUT2D eigenvalue weighted by molar-refractivity contribution is 5.73. The molecular weight excluding hydrogens is 268 g/mol. The number of nitrogens with one attached hydrogen (secondary N) is 2. The number of carbonyl (C=O) groups is 1. The van der Waals surface area contributed by atoms with E-state index >= 15 is 0 Å². The van der Waals surface area contributed by atoms with Crippen molar-refractivity contribution in [2.45, 2.75) is 6.10 Å². The van der Waals surface area contributed by atoms with E-state index in [4.69, 9.17) is 0 Å². The lowest BCUT2D eigenvalue weighted by Crippen LogP contribution is -2.39. The van der Waals surface area contributed by atoms with E-state index in [1.807, 2.05) is 0 Å². The van der Waals surface area contributed by atoms with E-state index in [9.17, 15) is 18.7 Å². The smallest absolute Gasteiger partial charge is 0.316 e. The predicted octanol–water partition coefficient (Wildman–Crippen LogP) is 0.859. The molecule has 20 heavy (non-hydrogen) atoms. The Balaban J connectivity index is 2.30. The van der Waals surface area contributed by atoms with Gasteiger partial charge in [-0.1, -0.05) is 6.07 Å². The van der Waals surface area contributed by atoms with Crippen molar-refractivity contribution >= 4 is 6.03 Å². The minimum absolute atomic E-state index is 0.0382. The van der Waals surface area contributed by atoms with Crippen LogP contribution in [0.4, 0.5) is 13.6 Å². The van der Waals surface area contributed by atoms with Crippen molar-refractivity contribution in [2.24, 2.45) is 0 Å². The lowest BCUT2D eigenvalue weighted by atomic mass is 10.1. The zero-order valence-electron chi connectivity index (χ0n) is 11.5. The molecule has 0 bridgehead atoms. The fraction of sp³-hybridized carbons (Fsp3) is 0.462. The molecule has 0 saturated carbocycles. The highest BCUT2D eigenvalue weighted by atomic mass is 19.1. The summed E-state index contributed by atoms with van der Waals surface area (Å²) in [6.07, 6.45) is -1.07. The van der Waals surface area contributed by atoms with Gasteiger partial charge < -0.3 is 20.6 Å². The first kappa shape index (κ1) is 16.3. The number of rotatable bonds is 6. The number of aliphatic hydroxyl groups excluding tert-OH is 1. The van der Waals surface area contributed by atoms with Gasteiger partial charge >= 0.3 is 6.03 Å². The molecule has 1 aromatic rings. The van der Waals surface area contributed by atoms with Gasteiger partial charge in [0.05, 0.1) is 6.10 Å². The van der Waals surface area contributed by atoms with Crippen molar-refractivity contribution in [3.8, 4) is 0 Å². The molecule has 1 atom stereocenters. The summed E-state index contributed by atoms with van der Waals surface area (Å²) in [6.45, 7) is 0.926. The van der Waals surface area contributed by atoms with Crippen LogP contribution in [0.1, 0.15) is 11.7 Å². The molecule has 0 aliphatic heterocycles. The number of hydrogen-bond acceptors (Lipinski definition) is 3. The average Bonchev–Trinajstić information content (AvgIpc) is 2.37. The van der Waals surface area contributed by atoms with Crippen LogP contribution in [0.15, 0.2) is 18.2 Å². The highest BCUT2D eigenvalue weighted by Crippen LogP contribution is 2.17. The molecule has 7 heteroatoms. The second-order valence-corrected chi connectivity index (χ2v) is 4.51. The Bertz CT molecular complexity index is 455. The van der Waals surface area contributed by atoms with E-state index in [1.165, 1.54) is 11.0 Å². The van der Waals surface area contributed by atoms with E-state index in [1.54, 1.807) is 14.1 Å². The summed E-state index contributed by atoms with van der Waals surface area (Å²) in [5.41, 5.74) is 0.0382. The summed E-state index contributed by atoms with van der Waals surface area (Å²) >= 11 is 0. The van der Waals surface area contributed by atoms with E-state index < -0.39 is 17.7 Å². The molecule has 1 rings (SSSR count). The summed E-state index contributed by atoms with van der Waals surface area (Å²) in [5, 5.41) is 15.3. The van der Waals surface area contributed by atoms with Crippen LogP contribution in [-0.4, -0.2) is 49.8 Å². The summed E-state index contributed by atoms with van der Waals surface area (Å²) < 4.78 is 26.1. The highest BCUT2D eigenvalue weighted by Gasteiger charge is 2.13. The number of carbonyl (C=O) groups excluding carboxylic acids is 1. The molecule has 1 aromatic carbocycles. The van der Waals surface area contributed by atoms with Crippen LogP contribution in [0.25, 0.3) is 0 Å². The van der Waals surface area contributed by atoms with Crippen LogP contribution in [0.5, 0.6) is 0 Å². The van der Waals surface area contributed by atoms with Crippen LogP contribution in [0.3, 0.4) is 0 Å². The number of aliphatic hydroxyl groups is 1. The minimum atomic E-state index is -1.07. The number of nitrogens with zero attached hydrogens (tertiary/aromatic N) is 1. The number of halogens is 2. The van der Waals surface area contributed by atoms with E-state index in [-0.39, 0.29) is 18.1 Å². The average molecular weight is 287 g/mol. The SMILES string of the molecule is CN(C)C(=O)NCCNCC(O)c1ccc(F)cc1F. The Hall–Kier alpha value is -1.73. The molecule has 0 saturated heterocycles. The summed E-state index contributed by atoms with van der Waals surface area (Å²) in [4.78, 5) is 12.6. The molecule has 2 amide bonds. The van der Waals surface area contributed by atoms with Gasteiger partial charge in [0.2, 0.25) is 0 Å². The zero-order chi connectivity index (χ0) is 15.1. The molecule has 0 spiro atoms. The first-order valence-electron chi connectivity index (χ1n) is 6.20. The van der Waals surface area contributed by atoms with Crippen molar-refractivity contribution in [1.29, 1.82) is 0 Å². The molecule has 1 unspecified atom stereocenters. The zero-order valence-corrected chi connectivity index (χ0v) is 11.5. The second kappa shape index (κ2) is 7.76. The first-order chi connectivity index (χ1) is 9.41. The summed E-state index contributed by atoms with van der Waals surface area (Å²) in [5.74, 6) is -1.46. The monoisotopic (exact) mass is 287 g/mol. The second-order valence-electron chi connectivity index (χ2n) is 4.51. The third kappa shape index (κ3) is 5.10. The minimum Gasteiger partial charge on any atom is -0.387 e. The summed E-state index contributed by atoms with van der Waals surface area (Å²) in [7, 11) is 3.26. The fourth-order valence-corrected chi connectivity index (χ4v) is 1.54. The Kier molecular flexibility index (Phi) is 6.33. The molecule has 3 N–H and O–H groups in total. The maximum atomic E-state index is 13.4. The van der Waals surface area contributed by atoms with Gasteiger partial charge in [-0.25, -0.2) is 13.6 Å². The molecule has 0 aliphatic carbocycles. The number of benzene rings is 1. The standard InChI is InChI=1S/C13H19F2N3O2/c1-18(2)13(20)17-6-5-16-8-12(19)10-4-3-9(14)7-11(10)15/h3-4,7,12,16,19H,5-6,8H2,1-2H3,(H,17,20). The van der Waals surface area contributed by atoms with Crippen LogP contribution in [-0.2, 0) is 0 Å². The largest absolute Gasteiger partial charge is 0.387 e.